The van der Waals surface area contributed by atoms with E-state index in [4.69, 9.17) is 14.6 Å². The standard InChI is InChI=1S/C11H16O3.C2H6/c1-10-2-4-11(5-3-10)14-9-8-13-7-6-12;1-2/h2-5,12H,6-9H2,1H3;1-2H3. The Hall–Kier alpha value is -1.06. The van der Waals surface area contributed by atoms with Crippen LogP contribution in [0.25, 0.3) is 0 Å². The maximum atomic E-state index is 8.45. The van der Waals surface area contributed by atoms with Gasteiger partial charge in [-0.3, -0.25) is 0 Å². The van der Waals surface area contributed by atoms with Gasteiger partial charge in [-0.05, 0) is 19.1 Å². The minimum atomic E-state index is 0.0601. The van der Waals surface area contributed by atoms with Crippen LogP contribution in [-0.4, -0.2) is 31.5 Å². The molecule has 0 unspecified atom stereocenters. The number of aliphatic hydroxyl groups excluding tert-OH is 1. The molecule has 1 aromatic carbocycles. The van der Waals surface area contributed by atoms with Gasteiger partial charge in [-0.25, -0.2) is 0 Å². The third kappa shape index (κ3) is 7.26. The minimum Gasteiger partial charge on any atom is -0.491 e. The topological polar surface area (TPSA) is 38.7 Å². The molecule has 3 nitrogen and oxygen atoms in total. The van der Waals surface area contributed by atoms with Crippen LogP contribution in [0.3, 0.4) is 0 Å². The zero-order chi connectivity index (χ0) is 12.2. The van der Waals surface area contributed by atoms with E-state index < -0.39 is 0 Å². The lowest BCUT2D eigenvalue weighted by molar-refractivity contribution is 0.0705. The van der Waals surface area contributed by atoms with Gasteiger partial charge in [-0.2, -0.15) is 0 Å². The largest absolute Gasteiger partial charge is 0.491 e. The second-order valence-corrected chi connectivity index (χ2v) is 3.00. The summed E-state index contributed by atoms with van der Waals surface area (Å²) in [6, 6.07) is 7.87. The molecule has 0 aliphatic heterocycles. The van der Waals surface area contributed by atoms with Gasteiger partial charge in [0.25, 0.3) is 0 Å². The molecule has 0 bridgehead atoms. The van der Waals surface area contributed by atoms with Crippen LogP contribution in [0.5, 0.6) is 5.75 Å². The van der Waals surface area contributed by atoms with Gasteiger partial charge in [-0.1, -0.05) is 31.5 Å². The van der Waals surface area contributed by atoms with E-state index in [1.54, 1.807) is 0 Å². The summed E-state index contributed by atoms with van der Waals surface area (Å²) >= 11 is 0. The van der Waals surface area contributed by atoms with E-state index >= 15 is 0 Å². The fraction of sp³-hybridized carbons (Fsp3) is 0.538. The first-order valence-corrected chi connectivity index (χ1v) is 5.71. The molecular weight excluding hydrogens is 204 g/mol. The molecule has 1 aromatic rings. The third-order valence-corrected chi connectivity index (χ3v) is 1.75. The lowest BCUT2D eigenvalue weighted by Crippen LogP contribution is -2.08. The fourth-order valence-corrected chi connectivity index (χ4v) is 1.02. The Morgan fingerprint density at radius 3 is 2.19 bits per heavy atom. The highest BCUT2D eigenvalue weighted by atomic mass is 16.5. The van der Waals surface area contributed by atoms with E-state index in [1.807, 2.05) is 45.0 Å². The first kappa shape index (κ1) is 14.9. The van der Waals surface area contributed by atoms with E-state index in [2.05, 4.69) is 0 Å². The molecule has 92 valence electrons. The summed E-state index contributed by atoms with van der Waals surface area (Å²) in [5.41, 5.74) is 1.22. The molecule has 0 saturated heterocycles. The first-order chi connectivity index (χ1) is 7.83. The van der Waals surface area contributed by atoms with Crippen molar-refractivity contribution in [3.8, 4) is 5.75 Å². The summed E-state index contributed by atoms with van der Waals surface area (Å²) < 4.78 is 10.5. The van der Waals surface area contributed by atoms with Crippen molar-refractivity contribution in [2.24, 2.45) is 0 Å². The zero-order valence-corrected chi connectivity index (χ0v) is 10.4. The third-order valence-electron chi connectivity index (χ3n) is 1.75. The summed E-state index contributed by atoms with van der Waals surface area (Å²) in [6.07, 6.45) is 0. The number of aryl methyl sites for hydroxylation is 1. The van der Waals surface area contributed by atoms with Gasteiger partial charge in [0.05, 0.1) is 19.8 Å². The molecule has 0 saturated carbocycles. The molecule has 1 N–H and O–H groups in total. The highest BCUT2D eigenvalue weighted by Crippen LogP contribution is 2.10. The predicted octanol–water partition coefficient (Wildman–Crippen LogP) is 2.41. The number of aliphatic hydroxyl groups is 1. The van der Waals surface area contributed by atoms with Crippen molar-refractivity contribution in [3.05, 3.63) is 29.8 Å². The molecule has 0 aliphatic rings. The van der Waals surface area contributed by atoms with Gasteiger partial charge in [-0.15, -0.1) is 0 Å². The Labute approximate surface area is 98.0 Å². The van der Waals surface area contributed by atoms with E-state index in [0.29, 0.717) is 19.8 Å². The molecule has 0 aromatic heterocycles. The lowest BCUT2D eigenvalue weighted by Gasteiger charge is -2.06. The van der Waals surface area contributed by atoms with Crippen molar-refractivity contribution in [1.82, 2.24) is 0 Å². The molecule has 16 heavy (non-hydrogen) atoms. The predicted molar refractivity (Wildman–Crippen MR) is 65.9 cm³/mol. The lowest BCUT2D eigenvalue weighted by atomic mass is 10.2. The molecule has 0 radical (unpaired) electrons. The van der Waals surface area contributed by atoms with Crippen LogP contribution in [0.15, 0.2) is 24.3 Å². The van der Waals surface area contributed by atoms with E-state index in [0.717, 1.165) is 5.75 Å². The van der Waals surface area contributed by atoms with Gasteiger partial charge >= 0.3 is 0 Å². The molecular formula is C13H22O3. The van der Waals surface area contributed by atoms with Crippen LogP contribution in [0, 0.1) is 6.92 Å². The molecule has 0 fully saturated rings. The quantitative estimate of drug-likeness (QED) is 0.757. The van der Waals surface area contributed by atoms with E-state index in [9.17, 15) is 0 Å². The Balaban J connectivity index is 0.00000106. The fourth-order valence-electron chi connectivity index (χ4n) is 1.02. The normalized spacial score (nSPS) is 9.25. The second-order valence-electron chi connectivity index (χ2n) is 3.00. The molecule has 0 heterocycles. The Bertz CT molecular complexity index is 244. The van der Waals surface area contributed by atoms with Crippen LogP contribution < -0.4 is 4.74 Å². The van der Waals surface area contributed by atoms with E-state index in [1.165, 1.54) is 5.56 Å². The van der Waals surface area contributed by atoms with Crippen molar-refractivity contribution in [2.75, 3.05) is 26.4 Å². The second kappa shape index (κ2) is 10.5. The minimum absolute atomic E-state index is 0.0601. The molecule has 0 spiro atoms. The van der Waals surface area contributed by atoms with Crippen LogP contribution >= 0.6 is 0 Å². The van der Waals surface area contributed by atoms with Crippen molar-refractivity contribution in [1.29, 1.82) is 0 Å². The van der Waals surface area contributed by atoms with Gasteiger partial charge < -0.3 is 14.6 Å². The number of hydrogen-bond donors (Lipinski definition) is 1. The van der Waals surface area contributed by atoms with Crippen molar-refractivity contribution < 1.29 is 14.6 Å². The zero-order valence-electron chi connectivity index (χ0n) is 10.4. The number of benzene rings is 1. The number of ether oxygens (including phenoxy) is 2. The monoisotopic (exact) mass is 226 g/mol. The van der Waals surface area contributed by atoms with E-state index in [-0.39, 0.29) is 6.61 Å². The van der Waals surface area contributed by atoms with Crippen LogP contribution in [0.2, 0.25) is 0 Å². The number of hydrogen-bond acceptors (Lipinski definition) is 3. The highest BCUT2D eigenvalue weighted by molar-refractivity contribution is 5.26. The van der Waals surface area contributed by atoms with Gasteiger partial charge in [0.2, 0.25) is 0 Å². The average molecular weight is 226 g/mol. The van der Waals surface area contributed by atoms with Crippen molar-refractivity contribution >= 4 is 0 Å². The summed E-state index contributed by atoms with van der Waals surface area (Å²) in [4.78, 5) is 0. The first-order valence-electron chi connectivity index (χ1n) is 5.71. The van der Waals surface area contributed by atoms with Crippen molar-refractivity contribution in [2.45, 2.75) is 20.8 Å². The summed E-state index contributed by atoms with van der Waals surface area (Å²) in [5, 5.41) is 8.45. The summed E-state index contributed by atoms with van der Waals surface area (Å²) in [7, 11) is 0. The van der Waals surface area contributed by atoms with Crippen molar-refractivity contribution in [3.63, 3.8) is 0 Å². The maximum absolute atomic E-state index is 8.45. The smallest absolute Gasteiger partial charge is 0.119 e. The van der Waals surface area contributed by atoms with Gasteiger partial charge in [0.15, 0.2) is 0 Å². The molecule has 0 aliphatic carbocycles. The van der Waals surface area contributed by atoms with Gasteiger partial charge in [0, 0.05) is 0 Å². The average Bonchev–Trinajstić information content (AvgIpc) is 2.34. The van der Waals surface area contributed by atoms with Crippen LogP contribution in [0.1, 0.15) is 19.4 Å². The SMILES string of the molecule is CC.Cc1ccc(OCCOCCO)cc1. The Morgan fingerprint density at radius 2 is 1.62 bits per heavy atom. The molecule has 0 amide bonds. The highest BCUT2D eigenvalue weighted by Gasteiger charge is 1.92. The number of rotatable bonds is 6. The Morgan fingerprint density at radius 1 is 1.00 bits per heavy atom. The molecule has 3 heteroatoms. The van der Waals surface area contributed by atoms with Gasteiger partial charge in [0.1, 0.15) is 12.4 Å². The maximum Gasteiger partial charge on any atom is 0.119 e. The summed E-state index contributed by atoms with van der Waals surface area (Å²) in [6.45, 7) is 7.49. The molecule has 0 atom stereocenters. The molecule has 1 rings (SSSR count). The Kier molecular flexibility index (Phi) is 9.76. The van der Waals surface area contributed by atoms with Crippen LogP contribution in [0.4, 0.5) is 0 Å². The summed E-state index contributed by atoms with van der Waals surface area (Å²) in [5.74, 6) is 0.850. The van der Waals surface area contributed by atoms with Crippen LogP contribution in [-0.2, 0) is 4.74 Å².